The lowest BCUT2D eigenvalue weighted by Gasteiger charge is -2.13. The number of carbonyl (C=O) groups is 1. The fourth-order valence-electron chi connectivity index (χ4n) is 2.55. The third-order valence-corrected chi connectivity index (χ3v) is 3.40. The lowest BCUT2D eigenvalue weighted by molar-refractivity contribution is -0.144. The minimum atomic E-state index is -0.220. The van der Waals surface area contributed by atoms with Crippen LogP contribution in [0.4, 0.5) is 0 Å². The summed E-state index contributed by atoms with van der Waals surface area (Å²) in [6.07, 6.45) is 5.33. The number of fused-ring (bicyclic) bond motifs is 1. The van der Waals surface area contributed by atoms with Gasteiger partial charge in [0, 0.05) is 12.5 Å². The lowest BCUT2D eigenvalue weighted by Crippen LogP contribution is -2.05. The maximum Gasteiger partial charge on any atom is 0.303 e. The molecule has 1 aromatic rings. The summed E-state index contributed by atoms with van der Waals surface area (Å²) in [7, 11) is 0. The van der Waals surface area contributed by atoms with Crippen molar-refractivity contribution in [2.45, 2.75) is 46.1 Å². The van der Waals surface area contributed by atoms with Gasteiger partial charge in [0.05, 0.1) is 0 Å². The molecule has 1 atom stereocenters. The molecule has 0 bridgehead atoms. The molecule has 0 N–H and O–H groups in total. The molecule has 0 aromatic heterocycles. The normalized spacial score (nSPS) is 17.3. The van der Waals surface area contributed by atoms with E-state index in [-0.39, 0.29) is 12.1 Å². The van der Waals surface area contributed by atoms with E-state index in [1.807, 2.05) is 0 Å². The number of rotatable bonds is 4. The number of allylic oxidation sites excluding steroid dienone is 1. The highest BCUT2D eigenvalue weighted by Crippen LogP contribution is 2.40. The summed E-state index contributed by atoms with van der Waals surface area (Å²) in [5.41, 5.74) is 4.94. The van der Waals surface area contributed by atoms with E-state index in [9.17, 15) is 4.79 Å². The first kappa shape index (κ1) is 12.9. The van der Waals surface area contributed by atoms with E-state index in [2.05, 4.69) is 38.1 Å². The van der Waals surface area contributed by atoms with Crippen LogP contribution >= 0.6 is 0 Å². The number of esters is 1. The average molecular weight is 244 g/mol. The number of ether oxygens (including phenoxy) is 1. The number of aryl methyl sites for hydroxylation is 1. The van der Waals surface area contributed by atoms with E-state index in [0.29, 0.717) is 0 Å². The molecule has 0 heterocycles. The van der Waals surface area contributed by atoms with Crippen molar-refractivity contribution in [1.82, 2.24) is 0 Å². The van der Waals surface area contributed by atoms with Crippen LogP contribution in [0.25, 0.3) is 5.57 Å². The Kier molecular flexibility index (Phi) is 3.85. The van der Waals surface area contributed by atoms with Gasteiger partial charge in [-0.15, -0.1) is 0 Å². The van der Waals surface area contributed by atoms with Gasteiger partial charge in [-0.25, -0.2) is 0 Å². The van der Waals surface area contributed by atoms with Crippen LogP contribution in [0.3, 0.4) is 0 Å². The summed E-state index contributed by atoms with van der Waals surface area (Å²) < 4.78 is 5.41. The van der Waals surface area contributed by atoms with Crippen LogP contribution in [-0.2, 0) is 9.53 Å². The lowest BCUT2D eigenvalue weighted by atomic mass is 9.98. The van der Waals surface area contributed by atoms with Crippen molar-refractivity contribution in [1.29, 1.82) is 0 Å². The Bertz CT molecular complexity index is 486. The molecule has 0 fully saturated rings. The van der Waals surface area contributed by atoms with Crippen molar-refractivity contribution >= 4 is 11.5 Å². The highest BCUT2D eigenvalue weighted by atomic mass is 16.5. The molecule has 1 aromatic carbocycles. The maximum atomic E-state index is 11.2. The number of unbranched alkanes of at least 4 members (excludes halogenated alkanes) is 1. The maximum absolute atomic E-state index is 11.2. The third kappa shape index (κ3) is 2.47. The number of benzene rings is 1. The van der Waals surface area contributed by atoms with E-state index < -0.39 is 0 Å². The monoisotopic (exact) mass is 244 g/mol. The number of hydrogen-bond acceptors (Lipinski definition) is 2. The van der Waals surface area contributed by atoms with Gasteiger partial charge < -0.3 is 4.74 Å². The van der Waals surface area contributed by atoms with Gasteiger partial charge in [-0.1, -0.05) is 31.5 Å². The standard InChI is InChI=1S/C16H20O2/c1-4-5-8-13-10-15(18-12(3)17)16-11(2)7-6-9-14(13)16/h6-7,9-10,15H,4-5,8H2,1-3H3. The Balaban J connectivity index is 2.34. The molecule has 2 heteroatoms. The molecular formula is C16H20O2. The Labute approximate surface area is 109 Å². The molecule has 1 unspecified atom stereocenters. The molecule has 0 amide bonds. The van der Waals surface area contributed by atoms with Crippen molar-refractivity contribution < 1.29 is 9.53 Å². The van der Waals surface area contributed by atoms with Gasteiger partial charge in [0.25, 0.3) is 0 Å². The van der Waals surface area contributed by atoms with Crippen molar-refractivity contribution in [2.24, 2.45) is 0 Å². The summed E-state index contributed by atoms with van der Waals surface area (Å²) in [6, 6.07) is 6.28. The first-order valence-electron chi connectivity index (χ1n) is 6.61. The van der Waals surface area contributed by atoms with Crippen LogP contribution < -0.4 is 0 Å². The fourth-order valence-corrected chi connectivity index (χ4v) is 2.55. The molecule has 0 aliphatic heterocycles. The topological polar surface area (TPSA) is 26.3 Å². The zero-order chi connectivity index (χ0) is 13.1. The summed E-state index contributed by atoms with van der Waals surface area (Å²) >= 11 is 0. The first-order valence-corrected chi connectivity index (χ1v) is 6.61. The van der Waals surface area contributed by atoms with Gasteiger partial charge in [0.1, 0.15) is 6.10 Å². The van der Waals surface area contributed by atoms with Crippen LogP contribution in [0.15, 0.2) is 24.3 Å². The number of hydrogen-bond donors (Lipinski definition) is 0. The molecular weight excluding hydrogens is 224 g/mol. The second kappa shape index (κ2) is 5.38. The van der Waals surface area contributed by atoms with Gasteiger partial charge in [0.2, 0.25) is 0 Å². The smallest absolute Gasteiger partial charge is 0.303 e. The molecule has 0 radical (unpaired) electrons. The zero-order valence-electron chi connectivity index (χ0n) is 11.3. The molecule has 0 spiro atoms. The SMILES string of the molecule is CCCCC1=CC(OC(C)=O)c2c(C)cccc21. The van der Waals surface area contributed by atoms with Gasteiger partial charge in [0.15, 0.2) is 0 Å². The Morgan fingerprint density at radius 1 is 1.39 bits per heavy atom. The van der Waals surface area contributed by atoms with Gasteiger partial charge in [-0.05, 0) is 42.5 Å². The highest BCUT2D eigenvalue weighted by molar-refractivity contribution is 5.77. The summed E-state index contributed by atoms with van der Waals surface area (Å²) in [6.45, 7) is 5.73. The molecule has 96 valence electrons. The van der Waals surface area contributed by atoms with E-state index >= 15 is 0 Å². The average Bonchev–Trinajstić information content (AvgIpc) is 2.65. The molecule has 1 aliphatic carbocycles. The van der Waals surface area contributed by atoms with E-state index in [1.165, 1.54) is 42.0 Å². The molecule has 1 aliphatic rings. The minimum absolute atomic E-state index is 0.189. The summed E-state index contributed by atoms with van der Waals surface area (Å²) in [5.74, 6) is -0.220. The van der Waals surface area contributed by atoms with E-state index in [4.69, 9.17) is 4.74 Å². The predicted molar refractivity (Wildman–Crippen MR) is 73.2 cm³/mol. The van der Waals surface area contributed by atoms with Gasteiger partial charge in [-0.2, -0.15) is 0 Å². The Morgan fingerprint density at radius 3 is 2.83 bits per heavy atom. The Morgan fingerprint density at radius 2 is 2.17 bits per heavy atom. The minimum Gasteiger partial charge on any atom is -0.453 e. The van der Waals surface area contributed by atoms with Crippen molar-refractivity contribution in [3.8, 4) is 0 Å². The summed E-state index contributed by atoms with van der Waals surface area (Å²) in [4.78, 5) is 11.2. The Hall–Kier alpha value is -1.57. The molecule has 2 rings (SSSR count). The predicted octanol–water partition coefficient (Wildman–Crippen LogP) is 4.19. The third-order valence-electron chi connectivity index (χ3n) is 3.40. The van der Waals surface area contributed by atoms with Gasteiger partial charge in [-0.3, -0.25) is 4.79 Å². The van der Waals surface area contributed by atoms with E-state index in [0.717, 1.165) is 6.42 Å². The van der Waals surface area contributed by atoms with Gasteiger partial charge >= 0.3 is 5.97 Å². The molecule has 0 saturated carbocycles. The van der Waals surface area contributed by atoms with E-state index in [1.54, 1.807) is 0 Å². The molecule has 18 heavy (non-hydrogen) atoms. The highest BCUT2D eigenvalue weighted by Gasteiger charge is 2.26. The molecule has 2 nitrogen and oxygen atoms in total. The fraction of sp³-hybridized carbons (Fsp3) is 0.438. The van der Waals surface area contributed by atoms with Crippen LogP contribution in [0.2, 0.25) is 0 Å². The van der Waals surface area contributed by atoms with Crippen molar-refractivity contribution in [3.63, 3.8) is 0 Å². The second-order valence-electron chi connectivity index (χ2n) is 4.86. The van der Waals surface area contributed by atoms with Crippen molar-refractivity contribution in [2.75, 3.05) is 0 Å². The number of carbonyl (C=O) groups excluding carboxylic acids is 1. The zero-order valence-corrected chi connectivity index (χ0v) is 11.3. The van der Waals surface area contributed by atoms with Crippen molar-refractivity contribution in [3.05, 3.63) is 41.0 Å². The van der Waals surface area contributed by atoms with Crippen LogP contribution in [-0.4, -0.2) is 5.97 Å². The quantitative estimate of drug-likeness (QED) is 0.742. The van der Waals surface area contributed by atoms with Crippen LogP contribution in [0.5, 0.6) is 0 Å². The first-order chi connectivity index (χ1) is 8.63. The second-order valence-corrected chi connectivity index (χ2v) is 4.86. The largest absolute Gasteiger partial charge is 0.453 e. The summed E-state index contributed by atoms with van der Waals surface area (Å²) in [5, 5.41) is 0. The molecule has 0 saturated heterocycles. The van der Waals surface area contributed by atoms with Crippen LogP contribution in [0.1, 0.15) is 55.9 Å². The van der Waals surface area contributed by atoms with Crippen LogP contribution in [0, 0.1) is 6.92 Å².